The Balaban J connectivity index is 1.82. The Labute approximate surface area is 137 Å². The number of rotatable bonds is 2. The first-order valence-electron chi connectivity index (χ1n) is 8.40. The van der Waals surface area contributed by atoms with Gasteiger partial charge >= 0.3 is 0 Å². The molecule has 0 radical (unpaired) electrons. The van der Waals surface area contributed by atoms with Crippen LogP contribution in [-0.2, 0) is 9.59 Å². The molecule has 3 rings (SSSR count). The fourth-order valence-corrected chi connectivity index (χ4v) is 3.62. The molecule has 0 aromatic heterocycles. The Hall–Kier alpha value is -2.10. The van der Waals surface area contributed by atoms with E-state index in [2.05, 4.69) is 6.92 Å². The smallest absolute Gasteiger partial charge is 0.225 e. The molecule has 0 unspecified atom stereocenters. The van der Waals surface area contributed by atoms with Crippen LogP contribution in [0, 0.1) is 5.92 Å². The highest BCUT2D eigenvalue weighted by atomic mass is 16.2. The normalized spacial score (nSPS) is 23.6. The lowest BCUT2D eigenvalue weighted by atomic mass is 9.92. The minimum absolute atomic E-state index is 0.0273. The van der Waals surface area contributed by atoms with Gasteiger partial charge in [-0.3, -0.25) is 9.59 Å². The van der Waals surface area contributed by atoms with Gasteiger partial charge in [-0.25, -0.2) is 0 Å². The molecule has 122 valence electrons. The lowest BCUT2D eigenvalue weighted by Crippen LogP contribution is -2.41. The number of likely N-dealkylation sites (tertiary alicyclic amines) is 1. The SMILES string of the molecule is CC(=O)N1C=Cc2ccccc2[C@H]1CC(=O)N1CCC[C@@H](C)C1. The molecule has 2 heterocycles. The van der Waals surface area contributed by atoms with E-state index in [1.165, 1.54) is 6.42 Å². The van der Waals surface area contributed by atoms with Gasteiger partial charge in [-0.15, -0.1) is 0 Å². The molecular formula is C19H24N2O2. The van der Waals surface area contributed by atoms with Gasteiger partial charge in [-0.05, 0) is 36.0 Å². The van der Waals surface area contributed by atoms with Gasteiger partial charge in [-0.1, -0.05) is 31.2 Å². The predicted octanol–water partition coefficient (Wildman–Crippen LogP) is 3.21. The topological polar surface area (TPSA) is 40.6 Å². The fraction of sp³-hybridized carbons (Fsp3) is 0.474. The maximum Gasteiger partial charge on any atom is 0.225 e. The number of nitrogens with zero attached hydrogens (tertiary/aromatic N) is 2. The van der Waals surface area contributed by atoms with Crippen molar-refractivity contribution in [3.63, 3.8) is 0 Å². The number of benzene rings is 1. The Kier molecular flexibility index (Phi) is 4.51. The van der Waals surface area contributed by atoms with Crippen LogP contribution in [0.1, 0.15) is 50.3 Å². The van der Waals surface area contributed by atoms with Crippen molar-refractivity contribution in [3.8, 4) is 0 Å². The molecule has 0 spiro atoms. The van der Waals surface area contributed by atoms with Crippen LogP contribution in [0.2, 0.25) is 0 Å². The molecule has 2 amide bonds. The molecule has 1 aromatic carbocycles. The summed E-state index contributed by atoms with van der Waals surface area (Å²) in [7, 11) is 0. The summed E-state index contributed by atoms with van der Waals surface area (Å²) in [6, 6.07) is 7.81. The van der Waals surface area contributed by atoms with E-state index < -0.39 is 0 Å². The molecule has 4 heteroatoms. The summed E-state index contributed by atoms with van der Waals surface area (Å²) >= 11 is 0. The Morgan fingerprint density at radius 2 is 2.04 bits per heavy atom. The Morgan fingerprint density at radius 1 is 1.26 bits per heavy atom. The second-order valence-corrected chi connectivity index (χ2v) is 6.68. The number of carbonyl (C=O) groups is 2. The summed E-state index contributed by atoms with van der Waals surface area (Å²) in [5.41, 5.74) is 2.15. The zero-order valence-electron chi connectivity index (χ0n) is 13.9. The number of amides is 2. The molecule has 0 saturated carbocycles. The molecule has 0 bridgehead atoms. The predicted molar refractivity (Wildman–Crippen MR) is 90.3 cm³/mol. The third-order valence-electron chi connectivity index (χ3n) is 4.85. The van der Waals surface area contributed by atoms with Gasteiger partial charge in [0.1, 0.15) is 0 Å². The molecule has 0 N–H and O–H groups in total. The van der Waals surface area contributed by atoms with Crippen molar-refractivity contribution in [1.29, 1.82) is 0 Å². The zero-order chi connectivity index (χ0) is 16.4. The lowest BCUT2D eigenvalue weighted by Gasteiger charge is -2.36. The van der Waals surface area contributed by atoms with Crippen molar-refractivity contribution < 1.29 is 9.59 Å². The standard InChI is InChI=1S/C19H24N2O2/c1-14-6-5-10-20(13-14)19(23)12-18-17-8-4-3-7-16(17)9-11-21(18)15(2)22/h3-4,7-9,11,14,18H,5-6,10,12-13H2,1-2H3/t14-,18-/m1/s1. The number of hydrogen-bond donors (Lipinski definition) is 0. The molecule has 2 atom stereocenters. The maximum absolute atomic E-state index is 12.8. The first-order valence-corrected chi connectivity index (χ1v) is 8.40. The van der Waals surface area contributed by atoms with E-state index in [1.807, 2.05) is 35.2 Å². The lowest BCUT2D eigenvalue weighted by molar-refractivity contribution is -0.135. The molecule has 2 aliphatic heterocycles. The van der Waals surface area contributed by atoms with Gasteiger partial charge in [0.25, 0.3) is 0 Å². The van der Waals surface area contributed by atoms with Gasteiger partial charge in [-0.2, -0.15) is 0 Å². The van der Waals surface area contributed by atoms with Gasteiger partial charge in [0.15, 0.2) is 0 Å². The van der Waals surface area contributed by atoms with Crippen molar-refractivity contribution in [2.75, 3.05) is 13.1 Å². The quantitative estimate of drug-likeness (QED) is 0.841. The van der Waals surface area contributed by atoms with Crippen LogP contribution in [0.3, 0.4) is 0 Å². The van der Waals surface area contributed by atoms with Gasteiger partial charge < -0.3 is 9.80 Å². The molecule has 23 heavy (non-hydrogen) atoms. The van der Waals surface area contributed by atoms with Gasteiger partial charge in [0.05, 0.1) is 12.5 Å². The molecule has 2 aliphatic rings. The zero-order valence-corrected chi connectivity index (χ0v) is 13.9. The first kappa shape index (κ1) is 15.8. The van der Waals surface area contributed by atoms with Gasteiger partial charge in [0.2, 0.25) is 11.8 Å². The number of fused-ring (bicyclic) bond motifs is 1. The third-order valence-corrected chi connectivity index (χ3v) is 4.85. The van der Waals surface area contributed by atoms with Crippen molar-refractivity contribution in [2.45, 2.75) is 39.2 Å². The van der Waals surface area contributed by atoms with E-state index in [4.69, 9.17) is 0 Å². The highest BCUT2D eigenvalue weighted by molar-refractivity contribution is 5.82. The number of carbonyl (C=O) groups excluding carboxylic acids is 2. The second kappa shape index (κ2) is 6.57. The van der Waals surface area contributed by atoms with Crippen LogP contribution < -0.4 is 0 Å². The monoisotopic (exact) mass is 312 g/mol. The molecule has 1 saturated heterocycles. The fourth-order valence-electron chi connectivity index (χ4n) is 3.62. The minimum Gasteiger partial charge on any atom is -0.342 e. The van der Waals surface area contributed by atoms with Crippen LogP contribution >= 0.6 is 0 Å². The summed E-state index contributed by atoms with van der Waals surface area (Å²) in [5.74, 6) is 0.689. The highest BCUT2D eigenvalue weighted by Crippen LogP contribution is 2.33. The van der Waals surface area contributed by atoms with Gasteiger partial charge in [0, 0.05) is 26.2 Å². The number of hydrogen-bond acceptors (Lipinski definition) is 2. The molecular weight excluding hydrogens is 288 g/mol. The first-order chi connectivity index (χ1) is 11.1. The Bertz CT molecular complexity index is 638. The van der Waals surface area contributed by atoms with E-state index in [0.29, 0.717) is 12.3 Å². The third kappa shape index (κ3) is 3.31. The largest absolute Gasteiger partial charge is 0.342 e. The van der Waals surface area contributed by atoms with Crippen LogP contribution in [-0.4, -0.2) is 34.7 Å². The van der Waals surface area contributed by atoms with E-state index in [9.17, 15) is 9.59 Å². The maximum atomic E-state index is 12.8. The molecule has 0 aliphatic carbocycles. The van der Waals surface area contributed by atoms with Crippen molar-refractivity contribution in [1.82, 2.24) is 9.80 Å². The van der Waals surface area contributed by atoms with E-state index in [0.717, 1.165) is 30.6 Å². The van der Waals surface area contributed by atoms with E-state index in [1.54, 1.807) is 18.0 Å². The summed E-state index contributed by atoms with van der Waals surface area (Å²) in [6.07, 6.45) is 6.37. The van der Waals surface area contributed by atoms with Crippen molar-refractivity contribution in [2.24, 2.45) is 5.92 Å². The molecule has 4 nitrogen and oxygen atoms in total. The highest BCUT2D eigenvalue weighted by Gasteiger charge is 2.30. The molecule has 1 fully saturated rings. The summed E-state index contributed by atoms with van der Waals surface area (Å²) in [6.45, 7) is 5.43. The summed E-state index contributed by atoms with van der Waals surface area (Å²) in [4.78, 5) is 28.4. The van der Waals surface area contributed by atoms with Crippen LogP contribution in [0.15, 0.2) is 30.5 Å². The van der Waals surface area contributed by atoms with Crippen LogP contribution in [0.5, 0.6) is 0 Å². The van der Waals surface area contributed by atoms with E-state index >= 15 is 0 Å². The van der Waals surface area contributed by atoms with Crippen molar-refractivity contribution >= 4 is 17.9 Å². The average Bonchev–Trinajstić information content (AvgIpc) is 2.54. The second-order valence-electron chi connectivity index (χ2n) is 6.68. The number of piperidine rings is 1. The van der Waals surface area contributed by atoms with E-state index in [-0.39, 0.29) is 17.9 Å². The van der Waals surface area contributed by atoms with Crippen LogP contribution in [0.4, 0.5) is 0 Å². The average molecular weight is 312 g/mol. The molecule has 1 aromatic rings. The minimum atomic E-state index is -0.196. The summed E-state index contributed by atoms with van der Waals surface area (Å²) in [5, 5.41) is 0. The van der Waals surface area contributed by atoms with Crippen molar-refractivity contribution in [3.05, 3.63) is 41.6 Å². The summed E-state index contributed by atoms with van der Waals surface area (Å²) < 4.78 is 0. The Morgan fingerprint density at radius 3 is 2.78 bits per heavy atom. The van der Waals surface area contributed by atoms with Crippen LogP contribution in [0.25, 0.3) is 6.08 Å².